The van der Waals surface area contributed by atoms with E-state index in [1.54, 1.807) is 25.1 Å². The van der Waals surface area contributed by atoms with Crippen LogP contribution in [0, 0.1) is 5.92 Å². The number of aliphatic hydroxyl groups is 1. The Labute approximate surface area is 110 Å². The second kappa shape index (κ2) is 6.24. The van der Waals surface area contributed by atoms with Crippen LogP contribution in [-0.4, -0.2) is 18.2 Å². The zero-order chi connectivity index (χ0) is 13.0. The van der Waals surface area contributed by atoms with Crippen molar-refractivity contribution in [3.8, 4) is 0 Å². The van der Waals surface area contributed by atoms with Crippen LogP contribution in [0.15, 0.2) is 18.2 Å². The van der Waals surface area contributed by atoms with Crippen molar-refractivity contribution in [2.45, 2.75) is 19.4 Å². The van der Waals surface area contributed by atoms with Gasteiger partial charge in [-0.2, -0.15) is 0 Å². The Kier molecular flexibility index (Phi) is 5.25. The minimum atomic E-state index is -0.791. The number of rotatable bonds is 4. The minimum absolute atomic E-state index is 0.267. The predicted molar refractivity (Wildman–Crippen MR) is 67.2 cm³/mol. The molecule has 0 radical (unpaired) electrons. The second-order valence-electron chi connectivity index (χ2n) is 3.88. The lowest BCUT2D eigenvalue weighted by molar-refractivity contribution is -0.145. The molecule has 0 aromatic heterocycles. The van der Waals surface area contributed by atoms with Crippen molar-refractivity contribution < 1.29 is 14.6 Å². The van der Waals surface area contributed by atoms with Crippen molar-refractivity contribution in [1.82, 2.24) is 0 Å². The molecule has 0 amide bonds. The Morgan fingerprint density at radius 2 is 1.88 bits per heavy atom. The van der Waals surface area contributed by atoms with E-state index in [4.69, 9.17) is 23.2 Å². The van der Waals surface area contributed by atoms with Gasteiger partial charge in [-0.05, 0) is 30.2 Å². The summed E-state index contributed by atoms with van der Waals surface area (Å²) < 4.78 is 4.59. The number of benzene rings is 1. The molecule has 1 aromatic carbocycles. The quantitative estimate of drug-likeness (QED) is 0.859. The van der Waals surface area contributed by atoms with Crippen molar-refractivity contribution in [2.24, 2.45) is 5.92 Å². The van der Waals surface area contributed by atoms with Crippen LogP contribution < -0.4 is 0 Å². The summed E-state index contributed by atoms with van der Waals surface area (Å²) in [5, 5.41) is 10.9. The van der Waals surface area contributed by atoms with E-state index in [1.165, 1.54) is 7.11 Å². The van der Waals surface area contributed by atoms with Crippen LogP contribution >= 0.6 is 23.2 Å². The molecule has 2 unspecified atom stereocenters. The summed E-state index contributed by atoms with van der Waals surface area (Å²) in [6.07, 6.45) is -0.524. The zero-order valence-corrected chi connectivity index (χ0v) is 11.1. The molecule has 1 aromatic rings. The Bertz CT molecular complexity index is 386. The van der Waals surface area contributed by atoms with E-state index in [0.717, 1.165) is 0 Å². The zero-order valence-electron chi connectivity index (χ0n) is 9.61. The van der Waals surface area contributed by atoms with Gasteiger partial charge in [0.1, 0.15) is 0 Å². The summed E-state index contributed by atoms with van der Waals surface area (Å²) in [4.78, 5) is 11.2. The van der Waals surface area contributed by atoms with Crippen LogP contribution in [0.3, 0.4) is 0 Å². The number of carbonyl (C=O) groups excluding carboxylic acids is 1. The van der Waals surface area contributed by atoms with E-state index in [-0.39, 0.29) is 18.3 Å². The van der Waals surface area contributed by atoms with Crippen molar-refractivity contribution >= 4 is 29.2 Å². The number of esters is 1. The minimum Gasteiger partial charge on any atom is -0.469 e. The largest absolute Gasteiger partial charge is 0.469 e. The molecule has 17 heavy (non-hydrogen) atoms. The lowest BCUT2D eigenvalue weighted by Crippen LogP contribution is -2.16. The number of methoxy groups -OCH3 is 1. The molecule has 2 atom stereocenters. The Hall–Kier alpha value is -0.770. The molecule has 0 saturated carbocycles. The van der Waals surface area contributed by atoms with Gasteiger partial charge in [0.25, 0.3) is 0 Å². The van der Waals surface area contributed by atoms with E-state index in [2.05, 4.69) is 4.74 Å². The van der Waals surface area contributed by atoms with Gasteiger partial charge >= 0.3 is 5.97 Å². The molecular formula is C12H14Cl2O3. The van der Waals surface area contributed by atoms with Gasteiger partial charge in [0, 0.05) is 10.0 Å². The number of carbonyl (C=O) groups is 1. The van der Waals surface area contributed by atoms with Crippen molar-refractivity contribution in [3.05, 3.63) is 33.8 Å². The smallest absolute Gasteiger partial charge is 0.308 e. The molecule has 0 saturated heterocycles. The third-order valence-corrected chi connectivity index (χ3v) is 2.89. The van der Waals surface area contributed by atoms with Crippen LogP contribution in [0.1, 0.15) is 25.0 Å². The molecule has 1 rings (SSSR count). The molecule has 0 aliphatic rings. The molecule has 0 aliphatic carbocycles. The average Bonchev–Trinajstić information content (AvgIpc) is 2.26. The Balaban J connectivity index is 2.75. The molecule has 0 heterocycles. The van der Waals surface area contributed by atoms with E-state index in [1.807, 2.05) is 0 Å². The SMILES string of the molecule is COC(=O)C(C)CC(O)c1cc(Cl)cc(Cl)c1. The first-order valence-corrected chi connectivity index (χ1v) is 5.91. The molecule has 3 nitrogen and oxygen atoms in total. The third kappa shape index (κ3) is 4.19. The molecule has 0 aliphatic heterocycles. The molecular weight excluding hydrogens is 263 g/mol. The first-order valence-electron chi connectivity index (χ1n) is 5.16. The Morgan fingerprint density at radius 3 is 2.35 bits per heavy atom. The fourth-order valence-electron chi connectivity index (χ4n) is 1.54. The second-order valence-corrected chi connectivity index (χ2v) is 4.75. The summed E-state index contributed by atoms with van der Waals surface area (Å²) >= 11 is 11.7. The van der Waals surface area contributed by atoms with Gasteiger partial charge in [-0.25, -0.2) is 0 Å². The van der Waals surface area contributed by atoms with Gasteiger partial charge in [0.2, 0.25) is 0 Å². The van der Waals surface area contributed by atoms with Crippen LogP contribution in [0.5, 0.6) is 0 Å². The number of hydrogen-bond donors (Lipinski definition) is 1. The van der Waals surface area contributed by atoms with Crippen molar-refractivity contribution in [3.63, 3.8) is 0 Å². The topological polar surface area (TPSA) is 46.5 Å². The maximum Gasteiger partial charge on any atom is 0.308 e. The fourth-order valence-corrected chi connectivity index (χ4v) is 2.08. The first-order chi connectivity index (χ1) is 7.93. The Morgan fingerprint density at radius 1 is 1.35 bits per heavy atom. The van der Waals surface area contributed by atoms with E-state index in [9.17, 15) is 9.90 Å². The highest BCUT2D eigenvalue weighted by molar-refractivity contribution is 6.34. The van der Waals surface area contributed by atoms with Crippen molar-refractivity contribution in [2.75, 3.05) is 7.11 Å². The summed E-state index contributed by atoms with van der Waals surface area (Å²) in [6.45, 7) is 1.70. The summed E-state index contributed by atoms with van der Waals surface area (Å²) in [6, 6.07) is 4.84. The number of aliphatic hydroxyl groups excluding tert-OH is 1. The molecule has 0 spiro atoms. The highest BCUT2D eigenvalue weighted by atomic mass is 35.5. The van der Waals surface area contributed by atoms with Gasteiger partial charge in [0.15, 0.2) is 0 Å². The van der Waals surface area contributed by atoms with E-state index in [0.29, 0.717) is 15.6 Å². The lowest BCUT2D eigenvalue weighted by Gasteiger charge is -2.15. The summed E-state index contributed by atoms with van der Waals surface area (Å²) in [5.41, 5.74) is 0.596. The number of halogens is 2. The number of ether oxygens (including phenoxy) is 1. The average molecular weight is 277 g/mol. The molecule has 0 fully saturated rings. The predicted octanol–water partition coefficient (Wildman–Crippen LogP) is 3.23. The fraction of sp³-hybridized carbons (Fsp3) is 0.417. The van der Waals surface area contributed by atoms with Gasteiger partial charge in [-0.1, -0.05) is 30.1 Å². The maximum absolute atomic E-state index is 11.2. The standard InChI is InChI=1S/C12H14Cl2O3/c1-7(12(16)17-2)3-11(15)8-4-9(13)6-10(14)5-8/h4-7,11,15H,3H2,1-2H3. The van der Waals surface area contributed by atoms with Crippen molar-refractivity contribution in [1.29, 1.82) is 0 Å². The highest BCUT2D eigenvalue weighted by Gasteiger charge is 2.19. The van der Waals surface area contributed by atoms with Gasteiger partial charge in [-0.3, -0.25) is 4.79 Å². The van der Waals surface area contributed by atoms with Crippen LogP contribution in [-0.2, 0) is 9.53 Å². The lowest BCUT2D eigenvalue weighted by atomic mass is 9.98. The summed E-state index contributed by atoms with van der Waals surface area (Å²) in [5.74, 6) is -0.732. The van der Waals surface area contributed by atoms with Gasteiger partial charge < -0.3 is 9.84 Å². The van der Waals surface area contributed by atoms with Crippen LogP contribution in [0.2, 0.25) is 10.0 Å². The van der Waals surface area contributed by atoms with E-state index < -0.39 is 6.10 Å². The van der Waals surface area contributed by atoms with E-state index >= 15 is 0 Å². The maximum atomic E-state index is 11.2. The monoisotopic (exact) mass is 276 g/mol. The molecule has 1 N–H and O–H groups in total. The van der Waals surface area contributed by atoms with Gasteiger partial charge in [0.05, 0.1) is 19.1 Å². The van der Waals surface area contributed by atoms with Gasteiger partial charge in [-0.15, -0.1) is 0 Å². The van der Waals surface area contributed by atoms with Crippen LogP contribution in [0.4, 0.5) is 0 Å². The molecule has 5 heteroatoms. The normalized spacial score (nSPS) is 14.2. The highest BCUT2D eigenvalue weighted by Crippen LogP contribution is 2.27. The summed E-state index contributed by atoms with van der Waals surface area (Å²) in [7, 11) is 1.32. The number of hydrogen-bond acceptors (Lipinski definition) is 3. The molecule has 0 bridgehead atoms. The molecule has 94 valence electrons. The third-order valence-electron chi connectivity index (χ3n) is 2.45. The first kappa shape index (κ1) is 14.3. The van der Waals surface area contributed by atoms with Crippen LogP contribution in [0.25, 0.3) is 0 Å².